The lowest BCUT2D eigenvalue weighted by atomic mass is 9.86. The van der Waals surface area contributed by atoms with Crippen molar-refractivity contribution in [3.63, 3.8) is 0 Å². The summed E-state index contributed by atoms with van der Waals surface area (Å²) in [7, 11) is 3.69. The van der Waals surface area contributed by atoms with Crippen LogP contribution in [0.3, 0.4) is 0 Å². The Morgan fingerprint density at radius 1 is 0.554 bits per heavy atom. The van der Waals surface area contributed by atoms with Crippen LogP contribution in [-0.2, 0) is 26.8 Å². The second-order valence-corrected chi connectivity index (χ2v) is 16.4. The molecule has 0 atom stereocenters. The lowest BCUT2D eigenvalue weighted by Gasteiger charge is -2.19. The highest BCUT2D eigenvalue weighted by molar-refractivity contribution is 6.09. The van der Waals surface area contributed by atoms with E-state index >= 15 is 0 Å². The molecule has 0 saturated carbocycles. The van der Waals surface area contributed by atoms with Gasteiger partial charge >= 0.3 is 0 Å². The van der Waals surface area contributed by atoms with Gasteiger partial charge in [-0.2, -0.15) is 0 Å². The van der Waals surface area contributed by atoms with Gasteiger partial charge in [-0.1, -0.05) is 65.7 Å². The first-order chi connectivity index (χ1) is 30.3. The lowest BCUT2D eigenvalue weighted by Crippen LogP contribution is -2.32. The Bertz CT molecular complexity index is 3210. The summed E-state index contributed by atoms with van der Waals surface area (Å²) in [5.41, 5.74) is 8.94. The van der Waals surface area contributed by atoms with Crippen LogP contribution in [0.25, 0.3) is 66.7 Å². The van der Waals surface area contributed by atoms with Gasteiger partial charge < -0.3 is 8.83 Å². The molecule has 56 heavy (non-hydrogen) atoms. The van der Waals surface area contributed by atoms with Gasteiger partial charge in [-0.3, -0.25) is 0 Å². The number of furan rings is 2. The third-order valence-electron chi connectivity index (χ3n) is 10.1. The van der Waals surface area contributed by atoms with Crippen LogP contribution in [-0.4, -0.2) is 9.97 Å². The molecule has 0 radical (unpaired) electrons. The highest BCUT2D eigenvalue weighted by Gasteiger charge is 2.26. The van der Waals surface area contributed by atoms with E-state index in [0.717, 1.165) is 84.6 Å². The van der Waals surface area contributed by atoms with E-state index in [0.29, 0.717) is 28.1 Å². The number of fused-ring (bicyclic) bond motifs is 6. The fourth-order valence-corrected chi connectivity index (χ4v) is 7.39. The van der Waals surface area contributed by atoms with Crippen molar-refractivity contribution in [2.24, 2.45) is 24.9 Å². The molecule has 0 unspecified atom stereocenters. The molecule has 6 heterocycles. The molecule has 0 aliphatic heterocycles. The van der Waals surface area contributed by atoms with E-state index in [2.05, 4.69) is 41.2 Å². The largest absolute Gasteiger partial charge is 0.437 e. The van der Waals surface area contributed by atoms with Crippen molar-refractivity contribution in [1.82, 2.24) is 9.97 Å². The van der Waals surface area contributed by atoms with Crippen molar-refractivity contribution in [3.8, 4) is 22.5 Å². The zero-order valence-corrected chi connectivity index (χ0v) is 34.5. The van der Waals surface area contributed by atoms with Gasteiger partial charge in [0.05, 0.1) is 11.1 Å². The highest BCUT2D eigenvalue weighted by atomic mass is 16.3. The first-order valence-corrected chi connectivity index (χ1v) is 18.9. The molecule has 6 nitrogen and oxygen atoms in total. The van der Waals surface area contributed by atoms with Gasteiger partial charge in [-0.25, -0.2) is 19.1 Å². The van der Waals surface area contributed by atoms with Gasteiger partial charge in [0.15, 0.2) is 23.6 Å². The molecule has 6 aromatic heterocycles. The van der Waals surface area contributed by atoms with Gasteiger partial charge in [-0.15, -0.1) is 0 Å². The molecule has 288 valence electrons. The van der Waals surface area contributed by atoms with Gasteiger partial charge in [0.2, 0.25) is 22.8 Å². The molecule has 0 bridgehead atoms. The second-order valence-electron chi connectivity index (χ2n) is 16.4. The molecule has 0 aliphatic carbocycles. The summed E-state index contributed by atoms with van der Waals surface area (Å²) in [5, 5.41) is 3.84. The van der Waals surface area contributed by atoms with Crippen molar-refractivity contribution in [2.45, 2.75) is 95.7 Å². The molecular weight excluding hydrogens is 689 g/mol. The van der Waals surface area contributed by atoms with Gasteiger partial charge in [0.1, 0.15) is 14.1 Å². The number of aryl methyl sites for hydroxylation is 8. The average Bonchev–Trinajstić information content (AvgIpc) is 3.75. The zero-order valence-electron chi connectivity index (χ0n) is 44.5. The number of benzene rings is 2. The topological polar surface area (TPSA) is 59.8 Å². The van der Waals surface area contributed by atoms with Crippen molar-refractivity contribution in [2.75, 3.05) is 0 Å². The van der Waals surface area contributed by atoms with E-state index in [1.807, 2.05) is 96.6 Å². The number of aromatic nitrogens is 4. The number of pyridine rings is 4. The predicted octanol–water partition coefficient (Wildman–Crippen LogP) is 12.0. The lowest BCUT2D eigenvalue weighted by molar-refractivity contribution is -0.661. The van der Waals surface area contributed by atoms with Gasteiger partial charge in [0.25, 0.3) is 0 Å². The van der Waals surface area contributed by atoms with Crippen LogP contribution in [0.1, 0.15) is 99.9 Å². The van der Waals surface area contributed by atoms with E-state index in [1.165, 1.54) is 6.20 Å². The second kappa shape index (κ2) is 14.3. The van der Waals surface area contributed by atoms with Crippen LogP contribution < -0.4 is 9.13 Å². The third kappa shape index (κ3) is 7.58. The van der Waals surface area contributed by atoms with Crippen molar-refractivity contribution in [3.05, 3.63) is 118 Å². The van der Waals surface area contributed by atoms with Crippen LogP contribution in [0.5, 0.6) is 0 Å². The predicted molar refractivity (Wildman–Crippen MR) is 231 cm³/mol. The van der Waals surface area contributed by atoms with Gasteiger partial charge in [-0.05, 0) is 112 Å². The average molecular weight is 757 g/mol. The number of hydrogen-bond donors (Lipinski definition) is 0. The maximum Gasteiger partial charge on any atom is 0.227 e. The van der Waals surface area contributed by atoms with E-state index < -0.39 is 37.3 Å². The van der Waals surface area contributed by atoms with Crippen molar-refractivity contribution < 1.29 is 31.7 Å². The minimum absolute atomic E-state index is 0.00947. The molecule has 0 spiro atoms. The Hall–Kier alpha value is -5.36. The smallest absolute Gasteiger partial charge is 0.227 e. The molecule has 0 saturated heterocycles. The standard InChI is InChI=1S/2C25H29N2O/c2*1-15-8-10-19-20-11-9-17(3)26-24(20)28-23(19)22(15)21-12-16(2)18(14-27(21)7)13-25(4,5)6/h2*8-12,14H,13H2,1-7H3/q2*+1/i4D3,5D3,13D2;13D2. The highest BCUT2D eigenvalue weighted by Crippen LogP contribution is 2.39. The SMILES string of the molecule is [2H]C([2H])([2H])C(C)(C([2H])([2H])[2H])C([2H])([2H])c1c[n+](C)c(-c2c(C)ccc3c2oc2nc(C)ccc23)cc1C.[2H]C([2H])(c1c[n+](C)c(-c2c(C)ccc3c2oc2nc(C)ccc23)cc1C)C(C)(C)C. The first kappa shape index (κ1) is 28.1. The van der Waals surface area contributed by atoms with E-state index in [1.54, 1.807) is 24.6 Å². The minimum Gasteiger partial charge on any atom is -0.437 e. The summed E-state index contributed by atoms with van der Waals surface area (Å²) in [6.07, 6.45) is -0.718. The normalized spacial score (nSPS) is 15.9. The summed E-state index contributed by atoms with van der Waals surface area (Å²) in [6, 6.07) is 20.0. The number of hydrogen-bond acceptors (Lipinski definition) is 4. The maximum absolute atomic E-state index is 8.82. The van der Waals surface area contributed by atoms with E-state index in [-0.39, 0.29) is 5.56 Å². The summed E-state index contributed by atoms with van der Waals surface area (Å²) in [4.78, 5) is 9.07. The molecule has 0 aliphatic rings. The Kier molecular flexibility index (Phi) is 7.17. The van der Waals surface area contributed by atoms with Crippen LogP contribution in [0.2, 0.25) is 0 Å². The summed E-state index contributed by atoms with van der Waals surface area (Å²) in [6.45, 7) is 12.2. The molecule has 0 fully saturated rings. The molecule has 6 heteroatoms. The Morgan fingerprint density at radius 2 is 0.946 bits per heavy atom. The van der Waals surface area contributed by atoms with Crippen LogP contribution >= 0.6 is 0 Å². The Labute approximate surface area is 346 Å². The maximum atomic E-state index is 8.82. The quantitative estimate of drug-likeness (QED) is 0.168. The molecule has 8 rings (SSSR count). The Morgan fingerprint density at radius 3 is 1.34 bits per heavy atom. The van der Waals surface area contributed by atoms with Crippen molar-refractivity contribution >= 4 is 44.1 Å². The Balaban J connectivity index is 0.000000199. The zero-order chi connectivity index (χ0) is 49.0. The molecule has 0 N–H and O–H groups in total. The molecule has 2 aromatic carbocycles. The van der Waals surface area contributed by atoms with Crippen LogP contribution in [0.15, 0.2) is 81.9 Å². The van der Waals surface area contributed by atoms with Crippen LogP contribution in [0, 0.1) is 52.4 Å². The fourth-order valence-electron chi connectivity index (χ4n) is 7.39. The van der Waals surface area contributed by atoms with E-state index in [4.69, 9.17) is 22.5 Å². The monoisotopic (exact) mass is 757 g/mol. The summed E-state index contributed by atoms with van der Waals surface area (Å²) in [5.74, 6) is 0. The number of rotatable bonds is 4. The van der Waals surface area contributed by atoms with Crippen LogP contribution in [0.4, 0.5) is 0 Å². The van der Waals surface area contributed by atoms with Crippen molar-refractivity contribution in [1.29, 1.82) is 0 Å². The summed E-state index contributed by atoms with van der Waals surface area (Å²) < 4.78 is 98.9. The van der Waals surface area contributed by atoms with E-state index in [9.17, 15) is 0 Å². The minimum atomic E-state index is -3.08. The first-order valence-electron chi connectivity index (χ1n) is 23.9. The third-order valence-corrected chi connectivity index (χ3v) is 10.1. The number of nitrogens with zero attached hydrogens (tertiary/aromatic N) is 4. The molecule has 8 aromatic rings. The summed E-state index contributed by atoms with van der Waals surface area (Å²) >= 11 is 0. The van der Waals surface area contributed by atoms with Gasteiger partial charge in [0, 0.05) is 69.9 Å². The molecule has 0 amide bonds. The fraction of sp³-hybridized carbons (Fsp3) is 0.360. The molecular formula is C50H58N4O2+2.